The van der Waals surface area contributed by atoms with Crippen molar-refractivity contribution in [3.8, 4) is 5.88 Å². The van der Waals surface area contributed by atoms with E-state index in [1.165, 1.54) is 0 Å². The normalized spacial score (nSPS) is 10.4. The molecule has 0 aliphatic carbocycles. The summed E-state index contributed by atoms with van der Waals surface area (Å²) < 4.78 is 9.44. The first-order valence-corrected chi connectivity index (χ1v) is 3.64. The van der Waals surface area contributed by atoms with Gasteiger partial charge in [0.05, 0.1) is 0 Å². The summed E-state index contributed by atoms with van der Waals surface area (Å²) in [6.45, 7) is 0.578. The Hall–Kier alpha value is -1.23. The summed E-state index contributed by atoms with van der Waals surface area (Å²) in [5, 5.41) is 9.04. The van der Waals surface area contributed by atoms with E-state index in [0.29, 0.717) is 19.4 Å². The second-order valence-electron chi connectivity index (χ2n) is 2.38. The Kier molecular flexibility index (Phi) is 2.93. The van der Waals surface area contributed by atoms with Crippen LogP contribution in [-0.2, 0) is 11.2 Å². The van der Waals surface area contributed by atoms with Crippen LogP contribution in [0.15, 0.2) is 9.21 Å². The first-order valence-electron chi connectivity index (χ1n) is 3.64. The number of rotatable bonds is 4. The van der Waals surface area contributed by atoms with E-state index in [2.05, 4.69) is 9.40 Å². The fourth-order valence-corrected chi connectivity index (χ4v) is 0.899. The quantitative estimate of drug-likeness (QED) is 0.640. The topological polar surface area (TPSA) is 75.5 Å². The molecule has 1 aromatic rings. The average Bonchev–Trinajstić information content (AvgIpc) is 2.31. The minimum absolute atomic E-state index is 0.184. The maximum Gasteiger partial charge on any atom is 0.419 e. The van der Waals surface area contributed by atoms with Gasteiger partial charge < -0.3 is 14.3 Å². The van der Waals surface area contributed by atoms with Gasteiger partial charge in [0.25, 0.3) is 0 Å². The van der Waals surface area contributed by atoms with Gasteiger partial charge in [0.2, 0.25) is 5.88 Å². The number of aromatic nitrogens is 1. The van der Waals surface area contributed by atoms with Gasteiger partial charge in [-0.3, -0.25) is 4.98 Å². The third kappa shape index (κ3) is 2.13. The number of aromatic hydroxyl groups is 1. The molecule has 0 unspecified atom stereocenters. The zero-order valence-electron chi connectivity index (χ0n) is 6.79. The minimum Gasteiger partial charge on any atom is -0.492 e. The number of oxazole rings is 1. The third-order valence-electron chi connectivity index (χ3n) is 1.45. The van der Waals surface area contributed by atoms with Crippen molar-refractivity contribution in [2.24, 2.45) is 0 Å². The molecule has 1 rings (SSSR count). The van der Waals surface area contributed by atoms with Crippen LogP contribution in [0.3, 0.4) is 0 Å². The zero-order chi connectivity index (χ0) is 8.97. The fourth-order valence-electron chi connectivity index (χ4n) is 0.899. The lowest BCUT2D eigenvalue weighted by Gasteiger charge is -1.95. The molecule has 68 valence electrons. The Labute approximate surface area is 69.0 Å². The van der Waals surface area contributed by atoms with Gasteiger partial charge in [-0.25, -0.2) is 4.79 Å². The van der Waals surface area contributed by atoms with Crippen molar-refractivity contribution in [3.05, 3.63) is 16.3 Å². The average molecular weight is 173 g/mol. The van der Waals surface area contributed by atoms with Crippen molar-refractivity contribution < 1.29 is 14.3 Å². The van der Waals surface area contributed by atoms with Crippen LogP contribution < -0.4 is 5.76 Å². The van der Waals surface area contributed by atoms with Crippen LogP contribution in [0.4, 0.5) is 0 Å². The summed E-state index contributed by atoms with van der Waals surface area (Å²) >= 11 is 0. The number of aromatic amines is 1. The standard InChI is InChI=1S/C7H11NO4/c1-11-4-2-3-5-6(9)8-7(10)12-5/h9H,2-4H2,1H3,(H,8,10). The smallest absolute Gasteiger partial charge is 0.419 e. The van der Waals surface area contributed by atoms with Gasteiger partial charge in [-0.1, -0.05) is 0 Å². The number of hydrogen-bond donors (Lipinski definition) is 2. The van der Waals surface area contributed by atoms with Crippen LogP contribution in [0.25, 0.3) is 0 Å². The number of H-pyrrole nitrogens is 1. The molecule has 0 atom stereocenters. The molecule has 0 amide bonds. The SMILES string of the molecule is COCCCc1oc(=O)[nH]c1O. The molecule has 0 aliphatic heterocycles. The van der Waals surface area contributed by atoms with Crippen LogP contribution in [-0.4, -0.2) is 23.8 Å². The number of aryl methyl sites for hydroxylation is 1. The highest BCUT2D eigenvalue weighted by Crippen LogP contribution is 2.12. The molecule has 1 heterocycles. The maximum atomic E-state index is 10.5. The molecule has 0 bridgehead atoms. The van der Waals surface area contributed by atoms with E-state index in [1.54, 1.807) is 7.11 Å². The van der Waals surface area contributed by atoms with Crippen LogP contribution in [0, 0.1) is 0 Å². The second kappa shape index (κ2) is 3.96. The lowest BCUT2D eigenvalue weighted by molar-refractivity contribution is 0.193. The van der Waals surface area contributed by atoms with Gasteiger partial charge in [-0.05, 0) is 6.42 Å². The number of methoxy groups -OCH3 is 1. The largest absolute Gasteiger partial charge is 0.492 e. The van der Waals surface area contributed by atoms with Gasteiger partial charge in [-0.2, -0.15) is 0 Å². The Morgan fingerprint density at radius 1 is 1.67 bits per heavy atom. The van der Waals surface area contributed by atoms with Crippen molar-refractivity contribution in [1.82, 2.24) is 4.98 Å². The van der Waals surface area contributed by atoms with E-state index in [1.807, 2.05) is 0 Å². The summed E-state index contributed by atoms with van der Waals surface area (Å²) in [6, 6.07) is 0. The van der Waals surface area contributed by atoms with Crippen LogP contribution >= 0.6 is 0 Å². The second-order valence-corrected chi connectivity index (χ2v) is 2.38. The first-order chi connectivity index (χ1) is 5.74. The zero-order valence-corrected chi connectivity index (χ0v) is 6.79. The Balaban J connectivity index is 2.51. The molecule has 5 heteroatoms. The summed E-state index contributed by atoms with van der Waals surface area (Å²) in [4.78, 5) is 12.7. The molecule has 0 radical (unpaired) electrons. The van der Waals surface area contributed by atoms with Gasteiger partial charge in [0.15, 0.2) is 5.76 Å². The predicted molar refractivity (Wildman–Crippen MR) is 41.2 cm³/mol. The lowest BCUT2D eigenvalue weighted by Crippen LogP contribution is -1.94. The highest BCUT2D eigenvalue weighted by Gasteiger charge is 2.06. The van der Waals surface area contributed by atoms with Crippen LogP contribution in [0.1, 0.15) is 12.2 Å². The number of ether oxygens (including phenoxy) is 1. The van der Waals surface area contributed by atoms with E-state index in [9.17, 15) is 4.79 Å². The van der Waals surface area contributed by atoms with Crippen molar-refractivity contribution in [2.75, 3.05) is 13.7 Å². The van der Waals surface area contributed by atoms with Crippen molar-refractivity contribution in [2.45, 2.75) is 12.8 Å². The molecule has 2 N–H and O–H groups in total. The fraction of sp³-hybridized carbons (Fsp3) is 0.571. The van der Waals surface area contributed by atoms with Gasteiger partial charge in [-0.15, -0.1) is 0 Å². The van der Waals surface area contributed by atoms with E-state index >= 15 is 0 Å². The molecule has 0 saturated heterocycles. The highest BCUT2D eigenvalue weighted by molar-refractivity contribution is 5.11. The molecular weight excluding hydrogens is 162 g/mol. The molecule has 0 aromatic carbocycles. The predicted octanol–water partition coefficient (Wildman–Crippen LogP) is 0.253. The Morgan fingerprint density at radius 2 is 2.42 bits per heavy atom. The number of nitrogens with one attached hydrogen (secondary N) is 1. The molecule has 12 heavy (non-hydrogen) atoms. The molecular formula is C7H11NO4. The highest BCUT2D eigenvalue weighted by atomic mass is 16.5. The van der Waals surface area contributed by atoms with Gasteiger partial charge in [0, 0.05) is 20.1 Å². The van der Waals surface area contributed by atoms with Crippen LogP contribution in [0.5, 0.6) is 5.88 Å². The maximum absolute atomic E-state index is 10.5. The van der Waals surface area contributed by atoms with E-state index in [-0.39, 0.29) is 11.6 Å². The summed E-state index contributed by atoms with van der Waals surface area (Å²) in [7, 11) is 1.59. The lowest BCUT2D eigenvalue weighted by atomic mass is 10.3. The van der Waals surface area contributed by atoms with Crippen molar-refractivity contribution >= 4 is 0 Å². The van der Waals surface area contributed by atoms with Crippen LogP contribution in [0.2, 0.25) is 0 Å². The molecule has 0 aliphatic rings. The molecule has 5 nitrogen and oxygen atoms in total. The Morgan fingerprint density at radius 3 is 2.92 bits per heavy atom. The molecule has 0 fully saturated rings. The first kappa shape index (κ1) is 8.86. The van der Waals surface area contributed by atoms with Crippen molar-refractivity contribution in [3.63, 3.8) is 0 Å². The third-order valence-corrected chi connectivity index (χ3v) is 1.45. The van der Waals surface area contributed by atoms with E-state index in [0.717, 1.165) is 0 Å². The van der Waals surface area contributed by atoms with Gasteiger partial charge >= 0.3 is 5.76 Å². The Bertz CT molecular complexity index is 288. The summed E-state index contributed by atoms with van der Waals surface area (Å²) in [5.41, 5.74) is 0. The summed E-state index contributed by atoms with van der Waals surface area (Å²) in [6.07, 6.45) is 1.21. The monoisotopic (exact) mass is 173 g/mol. The van der Waals surface area contributed by atoms with Gasteiger partial charge in [0.1, 0.15) is 0 Å². The molecule has 0 spiro atoms. The van der Waals surface area contributed by atoms with Crippen molar-refractivity contribution in [1.29, 1.82) is 0 Å². The summed E-state index contributed by atoms with van der Waals surface area (Å²) in [5.74, 6) is -0.520. The minimum atomic E-state index is -0.625. The van der Waals surface area contributed by atoms with E-state index in [4.69, 9.17) is 9.84 Å². The number of hydrogen-bond acceptors (Lipinski definition) is 4. The molecule has 0 saturated carbocycles. The van der Waals surface area contributed by atoms with E-state index < -0.39 is 5.76 Å². The molecule has 1 aromatic heterocycles.